The SMILES string of the molecule is COC(C=O)C(=O)Nc1cc(Cl)cc(Cl)c1. The number of aldehydes is 1. The number of benzene rings is 1. The van der Waals surface area contributed by atoms with Gasteiger partial charge in [0.2, 0.25) is 0 Å². The Hall–Kier alpha value is -1.10. The van der Waals surface area contributed by atoms with E-state index in [9.17, 15) is 9.59 Å². The smallest absolute Gasteiger partial charge is 0.260 e. The highest BCUT2D eigenvalue weighted by Gasteiger charge is 2.16. The van der Waals surface area contributed by atoms with Crippen LogP contribution in [-0.4, -0.2) is 25.4 Å². The van der Waals surface area contributed by atoms with E-state index in [2.05, 4.69) is 10.1 Å². The Labute approximate surface area is 102 Å². The molecule has 0 aromatic heterocycles. The third-order valence-electron chi connectivity index (χ3n) is 1.77. The minimum Gasteiger partial charge on any atom is -0.364 e. The van der Waals surface area contributed by atoms with Crippen molar-refractivity contribution in [3.8, 4) is 0 Å². The quantitative estimate of drug-likeness (QED) is 0.668. The van der Waals surface area contributed by atoms with Crippen LogP contribution in [0, 0.1) is 0 Å². The van der Waals surface area contributed by atoms with E-state index in [1.807, 2.05) is 0 Å². The molecule has 0 aliphatic rings. The van der Waals surface area contributed by atoms with Crippen LogP contribution in [0.25, 0.3) is 0 Å². The summed E-state index contributed by atoms with van der Waals surface area (Å²) >= 11 is 11.5. The number of hydrogen-bond acceptors (Lipinski definition) is 3. The molecule has 0 aliphatic carbocycles. The molecule has 0 bridgehead atoms. The average Bonchev–Trinajstić information content (AvgIpc) is 2.17. The molecule has 0 aliphatic heterocycles. The summed E-state index contributed by atoms with van der Waals surface area (Å²) in [5.41, 5.74) is 0.409. The summed E-state index contributed by atoms with van der Waals surface area (Å²) in [6, 6.07) is 4.57. The summed E-state index contributed by atoms with van der Waals surface area (Å²) in [5.74, 6) is -0.573. The second-order valence-electron chi connectivity index (χ2n) is 2.94. The first kappa shape index (κ1) is 13.0. The maximum atomic E-state index is 11.4. The molecule has 1 unspecified atom stereocenters. The molecule has 16 heavy (non-hydrogen) atoms. The van der Waals surface area contributed by atoms with Gasteiger partial charge in [0.1, 0.15) is 0 Å². The first-order valence-corrected chi connectivity index (χ1v) is 5.07. The Bertz CT molecular complexity index is 389. The van der Waals surface area contributed by atoms with Crippen molar-refractivity contribution >= 4 is 41.1 Å². The Kier molecular flexibility index (Phi) is 4.73. The van der Waals surface area contributed by atoms with Crippen LogP contribution >= 0.6 is 23.2 Å². The molecule has 0 heterocycles. The van der Waals surface area contributed by atoms with Gasteiger partial charge in [-0.3, -0.25) is 9.59 Å². The number of carbonyl (C=O) groups excluding carboxylic acids is 2. The molecular formula is C10H9Cl2NO3. The summed E-state index contributed by atoms with van der Waals surface area (Å²) in [6.45, 7) is 0. The number of rotatable bonds is 4. The highest BCUT2D eigenvalue weighted by molar-refractivity contribution is 6.35. The number of halogens is 2. The minimum absolute atomic E-state index is 0.392. The molecule has 0 saturated carbocycles. The lowest BCUT2D eigenvalue weighted by atomic mass is 10.3. The van der Waals surface area contributed by atoms with E-state index in [1.54, 1.807) is 0 Å². The molecule has 0 spiro atoms. The lowest BCUT2D eigenvalue weighted by molar-refractivity contribution is -0.132. The Balaban J connectivity index is 2.80. The largest absolute Gasteiger partial charge is 0.364 e. The van der Waals surface area contributed by atoms with Crippen LogP contribution in [0.1, 0.15) is 0 Å². The molecule has 1 aromatic rings. The predicted molar refractivity (Wildman–Crippen MR) is 62.0 cm³/mol. The molecular weight excluding hydrogens is 253 g/mol. The monoisotopic (exact) mass is 261 g/mol. The standard InChI is InChI=1S/C10H9Cl2NO3/c1-16-9(5-14)10(15)13-8-3-6(11)2-7(12)4-8/h2-5,9H,1H3,(H,13,15). The molecule has 0 fully saturated rings. The highest BCUT2D eigenvalue weighted by Crippen LogP contribution is 2.22. The molecule has 1 atom stereocenters. The average molecular weight is 262 g/mol. The van der Waals surface area contributed by atoms with E-state index in [1.165, 1.54) is 25.3 Å². The lowest BCUT2D eigenvalue weighted by Gasteiger charge is -2.09. The summed E-state index contributed by atoms with van der Waals surface area (Å²) in [4.78, 5) is 21.9. The van der Waals surface area contributed by atoms with Crippen molar-refractivity contribution in [1.29, 1.82) is 0 Å². The number of anilines is 1. The molecule has 1 aromatic carbocycles. The minimum atomic E-state index is -1.14. The Morgan fingerprint density at radius 1 is 1.38 bits per heavy atom. The zero-order valence-electron chi connectivity index (χ0n) is 8.37. The van der Waals surface area contributed by atoms with Crippen molar-refractivity contribution in [2.45, 2.75) is 6.10 Å². The van der Waals surface area contributed by atoms with E-state index >= 15 is 0 Å². The first-order valence-electron chi connectivity index (χ1n) is 4.32. The van der Waals surface area contributed by atoms with Crippen molar-refractivity contribution in [3.05, 3.63) is 28.2 Å². The summed E-state index contributed by atoms with van der Waals surface area (Å²) in [5, 5.41) is 3.24. The first-order chi connectivity index (χ1) is 7.56. The van der Waals surface area contributed by atoms with Crippen LogP contribution in [0.2, 0.25) is 10.0 Å². The molecule has 1 amide bonds. The second-order valence-corrected chi connectivity index (χ2v) is 3.81. The van der Waals surface area contributed by atoms with Gasteiger partial charge in [-0.15, -0.1) is 0 Å². The molecule has 1 N–H and O–H groups in total. The van der Waals surface area contributed by atoms with Gasteiger partial charge in [0.15, 0.2) is 12.4 Å². The van der Waals surface area contributed by atoms with Gasteiger partial charge in [-0.2, -0.15) is 0 Å². The van der Waals surface area contributed by atoms with Crippen LogP contribution in [0.15, 0.2) is 18.2 Å². The number of nitrogens with one attached hydrogen (secondary N) is 1. The van der Waals surface area contributed by atoms with Gasteiger partial charge >= 0.3 is 0 Å². The van der Waals surface area contributed by atoms with Gasteiger partial charge in [0, 0.05) is 22.8 Å². The lowest BCUT2D eigenvalue weighted by Crippen LogP contribution is -2.30. The molecule has 0 saturated heterocycles. The molecule has 0 radical (unpaired) electrons. The maximum Gasteiger partial charge on any atom is 0.260 e. The topological polar surface area (TPSA) is 55.4 Å². The molecule has 6 heteroatoms. The fourth-order valence-corrected chi connectivity index (χ4v) is 1.59. The Morgan fingerprint density at radius 3 is 2.38 bits per heavy atom. The number of hydrogen-bond donors (Lipinski definition) is 1. The van der Waals surface area contributed by atoms with Gasteiger partial charge in [-0.05, 0) is 18.2 Å². The van der Waals surface area contributed by atoms with Gasteiger partial charge in [-0.1, -0.05) is 23.2 Å². The zero-order chi connectivity index (χ0) is 12.1. The van der Waals surface area contributed by atoms with E-state index in [0.29, 0.717) is 22.0 Å². The molecule has 86 valence electrons. The van der Waals surface area contributed by atoms with E-state index < -0.39 is 12.0 Å². The van der Waals surface area contributed by atoms with Crippen molar-refractivity contribution in [2.24, 2.45) is 0 Å². The fourth-order valence-electron chi connectivity index (χ4n) is 1.06. The van der Waals surface area contributed by atoms with Crippen molar-refractivity contribution in [2.75, 3.05) is 12.4 Å². The van der Waals surface area contributed by atoms with Crippen molar-refractivity contribution < 1.29 is 14.3 Å². The van der Waals surface area contributed by atoms with E-state index in [4.69, 9.17) is 23.2 Å². The van der Waals surface area contributed by atoms with E-state index in [0.717, 1.165) is 0 Å². The van der Waals surface area contributed by atoms with Gasteiger partial charge in [-0.25, -0.2) is 0 Å². The summed E-state index contributed by atoms with van der Waals surface area (Å²) in [7, 11) is 1.27. The fraction of sp³-hybridized carbons (Fsp3) is 0.200. The normalized spacial score (nSPS) is 11.9. The van der Waals surface area contributed by atoms with Crippen LogP contribution in [0.4, 0.5) is 5.69 Å². The zero-order valence-corrected chi connectivity index (χ0v) is 9.88. The third-order valence-corrected chi connectivity index (χ3v) is 2.20. The van der Waals surface area contributed by atoms with Crippen molar-refractivity contribution in [1.82, 2.24) is 0 Å². The summed E-state index contributed by atoms with van der Waals surface area (Å²) in [6.07, 6.45) is -0.737. The number of amides is 1. The van der Waals surface area contributed by atoms with Gasteiger partial charge < -0.3 is 10.1 Å². The van der Waals surface area contributed by atoms with Crippen LogP contribution in [-0.2, 0) is 14.3 Å². The predicted octanol–water partition coefficient (Wildman–Crippen LogP) is 2.15. The number of methoxy groups -OCH3 is 1. The number of ether oxygens (including phenoxy) is 1. The van der Waals surface area contributed by atoms with Crippen LogP contribution < -0.4 is 5.32 Å². The molecule has 1 rings (SSSR count). The van der Waals surface area contributed by atoms with Crippen LogP contribution in [0.5, 0.6) is 0 Å². The van der Waals surface area contributed by atoms with E-state index in [-0.39, 0.29) is 0 Å². The summed E-state index contributed by atoms with van der Waals surface area (Å²) < 4.78 is 4.65. The number of carbonyl (C=O) groups is 2. The maximum absolute atomic E-state index is 11.4. The Morgan fingerprint density at radius 2 is 1.94 bits per heavy atom. The van der Waals surface area contributed by atoms with Gasteiger partial charge in [0.05, 0.1) is 0 Å². The highest BCUT2D eigenvalue weighted by atomic mass is 35.5. The second kappa shape index (κ2) is 5.84. The van der Waals surface area contributed by atoms with Crippen molar-refractivity contribution in [3.63, 3.8) is 0 Å². The third kappa shape index (κ3) is 3.48. The van der Waals surface area contributed by atoms with Gasteiger partial charge in [0.25, 0.3) is 5.91 Å². The molecule has 4 nitrogen and oxygen atoms in total. The van der Waals surface area contributed by atoms with Crippen LogP contribution in [0.3, 0.4) is 0 Å².